The lowest BCUT2D eigenvalue weighted by molar-refractivity contribution is -0.119. The Morgan fingerprint density at radius 2 is 1.96 bits per heavy atom. The number of rotatable bonds is 6. The van der Waals surface area contributed by atoms with Crippen molar-refractivity contribution >= 4 is 11.9 Å². The first kappa shape index (κ1) is 19.0. The highest BCUT2D eigenvalue weighted by Gasteiger charge is 2.24. The van der Waals surface area contributed by atoms with Gasteiger partial charge < -0.3 is 20.9 Å². The second-order valence-corrected chi connectivity index (χ2v) is 7.34. The number of carbonyl (C=O) groups excluding carboxylic acids is 1. The van der Waals surface area contributed by atoms with Crippen LogP contribution < -0.4 is 11.1 Å². The Hall–Kier alpha value is -1.30. The molecule has 2 saturated heterocycles. The smallest absolute Gasteiger partial charge is 0.217 e. The van der Waals surface area contributed by atoms with E-state index in [-0.39, 0.29) is 5.91 Å². The lowest BCUT2D eigenvalue weighted by Gasteiger charge is -2.36. The number of piperidine rings is 2. The highest BCUT2D eigenvalue weighted by Crippen LogP contribution is 2.20. The predicted molar refractivity (Wildman–Crippen MR) is 98.9 cm³/mol. The minimum Gasteiger partial charge on any atom is -0.370 e. The lowest BCUT2D eigenvalue weighted by Crippen LogP contribution is -2.49. The van der Waals surface area contributed by atoms with Crippen molar-refractivity contribution in [3.8, 4) is 0 Å². The molecule has 1 unspecified atom stereocenters. The Balaban J connectivity index is 1.75. The van der Waals surface area contributed by atoms with Crippen LogP contribution in [0.2, 0.25) is 0 Å². The van der Waals surface area contributed by atoms with E-state index in [0.29, 0.717) is 12.3 Å². The largest absolute Gasteiger partial charge is 0.370 e. The second-order valence-electron chi connectivity index (χ2n) is 7.34. The Morgan fingerprint density at radius 3 is 2.58 bits per heavy atom. The molecule has 6 nitrogen and oxygen atoms in total. The Morgan fingerprint density at radius 1 is 1.21 bits per heavy atom. The third-order valence-electron chi connectivity index (χ3n) is 5.32. The summed E-state index contributed by atoms with van der Waals surface area (Å²) >= 11 is 0. The van der Waals surface area contributed by atoms with Crippen molar-refractivity contribution in [3.63, 3.8) is 0 Å². The van der Waals surface area contributed by atoms with Gasteiger partial charge in [-0.25, -0.2) is 0 Å². The van der Waals surface area contributed by atoms with Crippen molar-refractivity contribution in [1.29, 1.82) is 0 Å². The molecule has 0 aromatic heterocycles. The van der Waals surface area contributed by atoms with E-state index < -0.39 is 0 Å². The van der Waals surface area contributed by atoms with E-state index in [1.165, 1.54) is 38.9 Å². The summed E-state index contributed by atoms with van der Waals surface area (Å²) in [4.78, 5) is 20.5. The van der Waals surface area contributed by atoms with Crippen molar-refractivity contribution < 1.29 is 4.79 Å². The number of nitrogens with one attached hydrogen (secondary N) is 1. The molecule has 2 aliphatic heterocycles. The molecule has 0 spiro atoms. The van der Waals surface area contributed by atoms with E-state index in [9.17, 15) is 4.79 Å². The standard InChI is InChI=1S/C18H35N5O/c1-3-8-22-10-6-15(7-11-22)13-21-18(20-2)23-9-4-5-16(14-23)12-17(19)24/h15-16H,3-14H2,1-2H3,(H2,19,24)(H,20,21). The highest BCUT2D eigenvalue weighted by atomic mass is 16.1. The summed E-state index contributed by atoms with van der Waals surface area (Å²) in [5.41, 5.74) is 5.36. The molecule has 2 fully saturated rings. The van der Waals surface area contributed by atoms with E-state index in [2.05, 4.69) is 27.0 Å². The lowest BCUT2D eigenvalue weighted by atomic mass is 9.94. The number of primary amides is 1. The van der Waals surface area contributed by atoms with E-state index >= 15 is 0 Å². The zero-order valence-corrected chi connectivity index (χ0v) is 15.5. The minimum atomic E-state index is -0.191. The van der Waals surface area contributed by atoms with Crippen LogP contribution in [0.25, 0.3) is 0 Å². The van der Waals surface area contributed by atoms with Gasteiger partial charge in [0.15, 0.2) is 5.96 Å². The number of likely N-dealkylation sites (tertiary alicyclic amines) is 2. The fourth-order valence-corrected chi connectivity index (χ4v) is 4.01. The number of guanidine groups is 1. The van der Waals surface area contributed by atoms with Crippen LogP contribution in [0.15, 0.2) is 4.99 Å². The zero-order valence-electron chi connectivity index (χ0n) is 15.5. The topological polar surface area (TPSA) is 74.0 Å². The number of nitrogens with zero attached hydrogens (tertiary/aromatic N) is 3. The van der Waals surface area contributed by atoms with Crippen LogP contribution in [0.1, 0.15) is 45.4 Å². The van der Waals surface area contributed by atoms with Gasteiger partial charge in [-0.3, -0.25) is 9.79 Å². The first-order valence-electron chi connectivity index (χ1n) is 9.58. The third-order valence-corrected chi connectivity index (χ3v) is 5.32. The van der Waals surface area contributed by atoms with Crippen LogP contribution in [-0.4, -0.2) is 68.0 Å². The van der Waals surface area contributed by atoms with Crippen molar-refractivity contribution in [2.24, 2.45) is 22.6 Å². The monoisotopic (exact) mass is 337 g/mol. The normalized spacial score (nSPS) is 24.2. The molecule has 24 heavy (non-hydrogen) atoms. The van der Waals surface area contributed by atoms with Gasteiger partial charge in [-0.05, 0) is 63.6 Å². The maximum Gasteiger partial charge on any atom is 0.217 e. The fourth-order valence-electron chi connectivity index (χ4n) is 4.01. The van der Waals surface area contributed by atoms with Crippen LogP contribution in [0.3, 0.4) is 0 Å². The molecule has 2 aliphatic rings. The molecular weight excluding hydrogens is 302 g/mol. The Kier molecular flexibility index (Phi) is 7.82. The molecule has 3 N–H and O–H groups in total. The van der Waals surface area contributed by atoms with Gasteiger partial charge in [0.25, 0.3) is 0 Å². The summed E-state index contributed by atoms with van der Waals surface area (Å²) < 4.78 is 0. The summed E-state index contributed by atoms with van der Waals surface area (Å²) in [6, 6.07) is 0. The van der Waals surface area contributed by atoms with Gasteiger partial charge in [0.2, 0.25) is 5.91 Å². The summed E-state index contributed by atoms with van der Waals surface area (Å²) in [6.45, 7) is 8.84. The van der Waals surface area contributed by atoms with Crippen LogP contribution in [-0.2, 0) is 4.79 Å². The van der Waals surface area contributed by atoms with Gasteiger partial charge in [-0.1, -0.05) is 6.92 Å². The molecule has 0 aromatic carbocycles. The fraction of sp³-hybridized carbons (Fsp3) is 0.889. The van der Waals surface area contributed by atoms with Gasteiger partial charge in [0.05, 0.1) is 0 Å². The van der Waals surface area contributed by atoms with Crippen molar-refractivity contribution in [2.75, 3.05) is 46.3 Å². The highest BCUT2D eigenvalue weighted by molar-refractivity contribution is 5.80. The molecule has 6 heteroatoms. The van der Waals surface area contributed by atoms with Gasteiger partial charge in [0.1, 0.15) is 0 Å². The third kappa shape index (κ3) is 5.96. The van der Waals surface area contributed by atoms with Crippen molar-refractivity contribution in [1.82, 2.24) is 15.1 Å². The first-order chi connectivity index (χ1) is 11.6. The van der Waals surface area contributed by atoms with Crippen molar-refractivity contribution in [2.45, 2.75) is 45.4 Å². The number of nitrogens with two attached hydrogens (primary N) is 1. The number of amides is 1. The molecular formula is C18H35N5O. The SMILES string of the molecule is CCCN1CCC(CNC(=NC)N2CCCC(CC(N)=O)C2)CC1. The Labute approximate surface area is 146 Å². The molecule has 2 heterocycles. The number of carbonyl (C=O) groups is 1. The average Bonchev–Trinajstić information content (AvgIpc) is 2.57. The van der Waals surface area contributed by atoms with E-state index in [1.807, 2.05) is 7.05 Å². The summed E-state index contributed by atoms with van der Waals surface area (Å²) in [5, 5.41) is 3.57. The average molecular weight is 338 g/mol. The van der Waals surface area contributed by atoms with Crippen LogP contribution in [0, 0.1) is 11.8 Å². The minimum absolute atomic E-state index is 0.191. The van der Waals surface area contributed by atoms with Crippen LogP contribution in [0.4, 0.5) is 0 Å². The number of hydrogen-bond donors (Lipinski definition) is 2. The molecule has 0 aliphatic carbocycles. The summed E-state index contributed by atoms with van der Waals surface area (Å²) in [7, 11) is 1.85. The zero-order chi connectivity index (χ0) is 17.4. The first-order valence-corrected chi connectivity index (χ1v) is 9.58. The number of hydrogen-bond acceptors (Lipinski definition) is 3. The summed E-state index contributed by atoms with van der Waals surface area (Å²) in [6.07, 6.45) is 6.48. The molecule has 0 aromatic rings. The van der Waals surface area contributed by atoms with Crippen molar-refractivity contribution in [3.05, 3.63) is 0 Å². The summed E-state index contributed by atoms with van der Waals surface area (Å²) in [5.74, 6) is 1.90. The molecule has 2 rings (SSSR count). The van der Waals surface area contributed by atoms with Gasteiger partial charge >= 0.3 is 0 Å². The molecule has 1 amide bonds. The van der Waals surface area contributed by atoms with Crippen LogP contribution in [0.5, 0.6) is 0 Å². The van der Waals surface area contributed by atoms with Gasteiger partial charge in [0, 0.05) is 33.1 Å². The molecule has 0 radical (unpaired) electrons. The van der Waals surface area contributed by atoms with E-state index in [1.54, 1.807) is 0 Å². The Bertz CT molecular complexity index is 418. The van der Waals surface area contributed by atoms with Crippen LogP contribution >= 0.6 is 0 Å². The van der Waals surface area contributed by atoms with E-state index in [4.69, 9.17) is 5.73 Å². The van der Waals surface area contributed by atoms with Gasteiger partial charge in [-0.15, -0.1) is 0 Å². The predicted octanol–water partition coefficient (Wildman–Crippen LogP) is 1.27. The molecule has 0 saturated carbocycles. The maximum atomic E-state index is 11.2. The second kappa shape index (κ2) is 9.87. The van der Waals surface area contributed by atoms with Gasteiger partial charge in [-0.2, -0.15) is 0 Å². The van der Waals surface area contributed by atoms with E-state index in [0.717, 1.165) is 44.4 Å². The maximum absolute atomic E-state index is 11.2. The molecule has 1 atom stereocenters. The quantitative estimate of drug-likeness (QED) is 0.565. The molecule has 0 bridgehead atoms. The molecule has 138 valence electrons. The number of aliphatic imine (C=N–C) groups is 1.